The molecule has 1 aromatic carbocycles. The van der Waals surface area contributed by atoms with E-state index in [1.807, 2.05) is 18.2 Å². The number of nitrogens with zero attached hydrogens (tertiary/aromatic N) is 2. The van der Waals surface area contributed by atoms with E-state index in [9.17, 15) is 0 Å². The lowest BCUT2D eigenvalue weighted by Gasteiger charge is -2.39. The third-order valence-electron chi connectivity index (χ3n) is 3.77. The fourth-order valence-electron chi connectivity index (χ4n) is 2.64. The minimum Gasteiger partial charge on any atom is -0.409 e. The van der Waals surface area contributed by atoms with Crippen LogP contribution in [0.3, 0.4) is 0 Å². The molecule has 0 aliphatic carbocycles. The second-order valence-corrected chi connectivity index (χ2v) is 6.25. The Kier molecular flexibility index (Phi) is 4.34. The van der Waals surface area contributed by atoms with Crippen molar-refractivity contribution in [2.75, 3.05) is 11.4 Å². The Morgan fingerprint density at radius 1 is 1.42 bits per heavy atom. The number of benzene rings is 1. The maximum atomic E-state index is 8.95. The monoisotopic (exact) mass is 325 g/mol. The summed E-state index contributed by atoms with van der Waals surface area (Å²) < 4.78 is 0.926. The van der Waals surface area contributed by atoms with Gasteiger partial charge in [0, 0.05) is 28.3 Å². The molecule has 1 aromatic rings. The summed E-state index contributed by atoms with van der Waals surface area (Å²) in [4.78, 5) is 2.36. The Balaban J connectivity index is 2.43. The van der Waals surface area contributed by atoms with Crippen molar-refractivity contribution in [3.05, 3.63) is 28.2 Å². The molecule has 2 rings (SSSR count). The molecule has 0 amide bonds. The van der Waals surface area contributed by atoms with Crippen LogP contribution in [0.25, 0.3) is 0 Å². The molecule has 2 atom stereocenters. The fourth-order valence-corrected chi connectivity index (χ4v) is 3.00. The van der Waals surface area contributed by atoms with Crippen molar-refractivity contribution in [1.82, 2.24) is 0 Å². The van der Waals surface area contributed by atoms with Crippen LogP contribution >= 0.6 is 15.9 Å². The van der Waals surface area contributed by atoms with Gasteiger partial charge in [0.1, 0.15) is 0 Å². The third-order valence-corrected chi connectivity index (χ3v) is 4.26. The van der Waals surface area contributed by atoms with Gasteiger partial charge in [0.05, 0.1) is 0 Å². The van der Waals surface area contributed by atoms with Crippen LogP contribution in [0.15, 0.2) is 27.8 Å². The average molecular weight is 326 g/mol. The molecular formula is C14H20BrN3O. The van der Waals surface area contributed by atoms with Gasteiger partial charge in [-0.3, -0.25) is 0 Å². The van der Waals surface area contributed by atoms with Crippen LogP contribution in [0, 0.1) is 5.92 Å². The lowest BCUT2D eigenvalue weighted by molar-refractivity contribution is 0.318. The molecular weight excluding hydrogens is 306 g/mol. The van der Waals surface area contributed by atoms with Gasteiger partial charge < -0.3 is 15.8 Å². The van der Waals surface area contributed by atoms with Crippen molar-refractivity contribution in [1.29, 1.82) is 0 Å². The van der Waals surface area contributed by atoms with Crippen LogP contribution in [0.5, 0.6) is 0 Å². The summed E-state index contributed by atoms with van der Waals surface area (Å²) in [6.07, 6.45) is 2.43. The molecule has 19 heavy (non-hydrogen) atoms. The van der Waals surface area contributed by atoms with Crippen molar-refractivity contribution in [2.24, 2.45) is 16.8 Å². The normalized spacial score (nSPS) is 24.6. The van der Waals surface area contributed by atoms with Crippen LogP contribution in [-0.2, 0) is 0 Å². The molecule has 104 valence electrons. The van der Waals surface area contributed by atoms with E-state index in [1.54, 1.807) is 0 Å². The largest absolute Gasteiger partial charge is 0.409 e. The number of hydrogen-bond acceptors (Lipinski definition) is 3. The summed E-state index contributed by atoms with van der Waals surface area (Å²) >= 11 is 3.43. The van der Waals surface area contributed by atoms with Crippen molar-refractivity contribution < 1.29 is 5.21 Å². The molecule has 1 aliphatic heterocycles. The minimum absolute atomic E-state index is 0.154. The van der Waals surface area contributed by atoms with Gasteiger partial charge in [0.25, 0.3) is 0 Å². The summed E-state index contributed by atoms with van der Waals surface area (Å²) in [5.74, 6) is 0.821. The predicted molar refractivity (Wildman–Crippen MR) is 81.9 cm³/mol. The van der Waals surface area contributed by atoms with E-state index in [-0.39, 0.29) is 5.84 Å². The van der Waals surface area contributed by atoms with Crippen LogP contribution < -0.4 is 10.6 Å². The lowest BCUT2D eigenvalue weighted by Crippen LogP contribution is -2.42. The molecule has 0 spiro atoms. The minimum atomic E-state index is 0.154. The molecule has 0 bridgehead atoms. The summed E-state index contributed by atoms with van der Waals surface area (Å²) in [5, 5.41) is 12.1. The van der Waals surface area contributed by atoms with Gasteiger partial charge in [0.15, 0.2) is 5.84 Å². The van der Waals surface area contributed by atoms with Crippen LogP contribution in [-0.4, -0.2) is 23.6 Å². The van der Waals surface area contributed by atoms with Crippen molar-refractivity contribution >= 4 is 27.5 Å². The van der Waals surface area contributed by atoms with Crippen molar-refractivity contribution in [3.63, 3.8) is 0 Å². The highest BCUT2D eigenvalue weighted by Crippen LogP contribution is 2.31. The number of anilines is 1. The van der Waals surface area contributed by atoms with Crippen LogP contribution in [0.4, 0.5) is 5.69 Å². The molecule has 0 aromatic heterocycles. The van der Waals surface area contributed by atoms with Gasteiger partial charge in [-0.15, -0.1) is 0 Å². The Hall–Kier alpha value is -1.23. The number of amidine groups is 1. The van der Waals surface area contributed by atoms with Gasteiger partial charge in [-0.25, -0.2) is 0 Å². The third kappa shape index (κ3) is 3.03. The zero-order chi connectivity index (χ0) is 14.0. The maximum absolute atomic E-state index is 8.95. The Bertz CT molecular complexity index is 490. The zero-order valence-electron chi connectivity index (χ0n) is 11.3. The van der Waals surface area contributed by atoms with Crippen molar-refractivity contribution in [2.45, 2.75) is 32.7 Å². The van der Waals surface area contributed by atoms with Crippen LogP contribution in [0.2, 0.25) is 0 Å². The highest BCUT2D eigenvalue weighted by Gasteiger charge is 2.25. The maximum Gasteiger partial charge on any atom is 0.172 e. The number of nitrogens with two attached hydrogens (primary N) is 1. The standard InChI is InChI=1S/C14H20BrN3O/c1-9-3-4-10(2)18(8-9)13-6-5-11(15)7-12(13)14(16)17-19/h5-7,9-10,19H,3-4,8H2,1-2H3,(H2,16,17). The quantitative estimate of drug-likeness (QED) is 0.380. The molecule has 0 saturated carbocycles. The number of piperidine rings is 1. The van der Waals surface area contributed by atoms with Gasteiger partial charge >= 0.3 is 0 Å². The van der Waals surface area contributed by atoms with E-state index in [0.717, 1.165) is 22.3 Å². The molecule has 1 saturated heterocycles. The fraction of sp³-hybridized carbons (Fsp3) is 0.500. The van der Waals surface area contributed by atoms with E-state index in [0.29, 0.717) is 12.0 Å². The second kappa shape index (κ2) is 5.82. The Labute approximate surface area is 122 Å². The first-order valence-electron chi connectivity index (χ1n) is 6.57. The number of oxime groups is 1. The highest BCUT2D eigenvalue weighted by atomic mass is 79.9. The van der Waals surface area contributed by atoms with E-state index >= 15 is 0 Å². The molecule has 5 heteroatoms. The topological polar surface area (TPSA) is 61.8 Å². The SMILES string of the molecule is CC1CCC(C)N(c2ccc(Br)cc2/C(N)=N/O)C1. The first kappa shape index (κ1) is 14.2. The smallest absolute Gasteiger partial charge is 0.172 e. The summed E-state index contributed by atoms with van der Waals surface area (Å²) in [5.41, 5.74) is 7.62. The molecule has 1 heterocycles. The Morgan fingerprint density at radius 2 is 2.16 bits per heavy atom. The first-order valence-corrected chi connectivity index (χ1v) is 7.36. The summed E-state index contributed by atoms with van der Waals surface area (Å²) in [6, 6.07) is 6.40. The molecule has 4 nitrogen and oxygen atoms in total. The first-order chi connectivity index (χ1) is 9.02. The Morgan fingerprint density at radius 3 is 2.84 bits per heavy atom. The molecule has 1 aliphatic rings. The van der Waals surface area contributed by atoms with Gasteiger partial charge in [-0.1, -0.05) is 28.0 Å². The molecule has 2 unspecified atom stereocenters. The van der Waals surface area contributed by atoms with Gasteiger partial charge in [0.2, 0.25) is 0 Å². The van der Waals surface area contributed by atoms with E-state index in [2.05, 4.69) is 39.8 Å². The molecule has 3 N–H and O–H groups in total. The summed E-state index contributed by atoms with van der Waals surface area (Å²) in [7, 11) is 0. The predicted octanol–water partition coefficient (Wildman–Crippen LogP) is 3.17. The second-order valence-electron chi connectivity index (χ2n) is 5.33. The van der Waals surface area contributed by atoms with Crippen molar-refractivity contribution in [3.8, 4) is 0 Å². The van der Waals surface area contributed by atoms with Gasteiger partial charge in [-0.05, 0) is 43.9 Å². The number of rotatable bonds is 2. The summed E-state index contributed by atoms with van der Waals surface area (Å²) in [6.45, 7) is 5.50. The van der Waals surface area contributed by atoms with Crippen LogP contribution in [0.1, 0.15) is 32.3 Å². The zero-order valence-corrected chi connectivity index (χ0v) is 12.9. The van der Waals surface area contributed by atoms with E-state index in [4.69, 9.17) is 10.9 Å². The highest BCUT2D eigenvalue weighted by molar-refractivity contribution is 9.10. The van der Waals surface area contributed by atoms with Gasteiger partial charge in [-0.2, -0.15) is 0 Å². The van der Waals surface area contributed by atoms with E-state index in [1.165, 1.54) is 12.8 Å². The molecule has 0 radical (unpaired) electrons. The number of hydrogen-bond donors (Lipinski definition) is 2. The average Bonchev–Trinajstić information content (AvgIpc) is 2.41. The van der Waals surface area contributed by atoms with E-state index < -0.39 is 0 Å². The molecule has 1 fully saturated rings. The number of halogens is 1. The lowest BCUT2D eigenvalue weighted by atomic mass is 9.93.